The van der Waals surface area contributed by atoms with Crippen molar-refractivity contribution in [3.8, 4) is 0 Å². The van der Waals surface area contributed by atoms with Crippen molar-refractivity contribution in [1.29, 1.82) is 0 Å². The van der Waals surface area contributed by atoms with Crippen LogP contribution in [0.1, 0.15) is 12.8 Å². The van der Waals surface area contributed by atoms with Gasteiger partial charge in [0.15, 0.2) is 0 Å². The molecule has 92 valence electrons. The maximum atomic E-state index is 4.14. The SMILES string of the molecule is C=C(CC1=[C-]CC=C1)C[Si](C)(C)C.[Cl-].[Cl-].[Hf]. The van der Waals surface area contributed by atoms with Gasteiger partial charge in [-0.05, 0) is 12.5 Å². The van der Waals surface area contributed by atoms with Gasteiger partial charge in [-0.1, -0.05) is 31.8 Å². The van der Waals surface area contributed by atoms with Crippen LogP contribution in [0.25, 0.3) is 0 Å². The van der Waals surface area contributed by atoms with Crippen LogP contribution in [-0.2, 0) is 25.8 Å². The van der Waals surface area contributed by atoms with Crippen LogP contribution in [0, 0.1) is 6.08 Å². The van der Waals surface area contributed by atoms with Crippen LogP contribution in [0.15, 0.2) is 29.9 Å². The van der Waals surface area contributed by atoms with Gasteiger partial charge < -0.3 is 24.8 Å². The summed E-state index contributed by atoms with van der Waals surface area (Å²) in [5, 5.41) is 0. The van der Waals surface area contributed by atoms with Crippen LogP contribution < -0.4 is 24.8 Å². The molecule has 0 bridgehead atoms. The standard InChI is InChI=1S/C12H19Si.2ClH.Hf/c1-11(10-13(2,3)4)9-12-7-5-6-8-12;;;/h5,7H,1,6,9-10H2,2-4H3;2*1H;/q-1;;;/p-2. The predicted molar refractivity (Wildman–Crippen MR) is 62.4 cm³/mol. The number of rotatable bonds is 4. The van der Waals surface area contributed by atoms with E-state index in [2.05, 4.69) is 44.4 Å². The van der Waals surface area contributed by atoms with Gasteiger partial charge in [-0.15, -0.1) is 6.42 Å². The Morgan fingerprint density at radius 2 is 1.94 bits per heavy atom. The Morgan fingerprint density at radius 3 is 2.31 bits per heavy atom. The first kappa shape index (κ1) is 22.1. The van der Waals surface area contributed by atoms with Gasteiger partial charge in [0.25, 0.3) is 0 Å². The molecule has 16 heavy (non-hydrogen) atoms. The van der Waals surface area contributed by atoms with Crippen molar-refractivity contribution in [3.63, 3.8) is 0 Å². The maximum absolute atomic E-state index is 4.14. The van der Waals surface area contributed by atoms with Gasteiger partial charge >= 0.3 is 0 Å². The van der Waals surface area contributed by atoms with E-state index in [-0.39, 0.29) is 50.7 Å². The molecule has 0 nitrogen and oxygen atoms in total. The molecule has 0 saturated heterocycles. The Labute approximate surface area is 132 Å². The minimum absolute atomic E-state index is 0. The van der Waals surface area contributed by atoms with Crippen molar-refractivity contribution in [3.05, 3.63) is 36.0 Å². The molecular formula is C12H19Cl2HfSi-3. The molecule has 4 heteroatoms. The molecule has 0 heterocycles. The summed E-state index contributed by atoms with van der Waals surface area (Å²) in [6.07, 6.45) is 9.71. The molecule has 0 spiro atoms. The number of hydrogen-bond donors (Lipinski definition) is 0. The molecule has 0 fully saturated rings. The molecule has 0 aromatic carbocycles. The van der Waals surface area contributed by atoms with E-state index in [1.807, 2.05) is 0 Å². The van der Waals surface area contributed by atoms with Crippen LogP contribution in [-0.4, -0.2) is 8.07 Å². The first-order valence-corrected chi connectivity index (χ1v) is 8.61. The Morgan fingerprint density at radius 1 is 1.38 bits per heavy atom. The zero-order valence-corrected chi connectivity index (χ0v) is 16.3. The van der Waals surface area contributed by atoms with Gasteiger partial charge in [0.2, 0.25) is 0 Å². The average Bonchev–Trinajstić information content (AvgIpc) is 2.34. The normalized spacial score (nSPS) is 13.1. The van der Waals surface area contributed by atoms with Gasteiger partial charge in [0.05, 0.1) is 0 Å². The van der Waals surface area contributed by atoms with Gasteiger partial charge in [-0.2, -0.15) is 6.08 Å². The van der Waals surface area contributed by atoms with Crippen LogP contribution in [0.3, 0.4) is 0 Å². The topological polar surface area (TPSA) is 0 Å². The second-order valence-corrected chi connectivity index (χ2v) is 10.4. The fourth-order valence-electron chi connectivity index (χ4n) is 1.65. The van der Waals surface area contributed by atoms with Gasteiger partial charge in [0, 0.05) is 33.9 Å². The van der Waals surface area contributed by atoms with E-state index in [0.717, 1.165) is 12.8 Å². The van der Waals surface area contributed by atoms with E-state index in [4.69, 9.17) is 0 Å². The van der Waals surface area contributed by atoms with Gasteiger partial charge in [-0.3, -0.25) is 6.08 Å². The molecule has 0 atom stereocenters. The zero-order chi connectivity index (χ0) is 9.90. The summed E-state index contributed by atoms with van der Waals surface area (Å²) in [4.78, 5) is 0. The third-order valence-electron chi connectivity index (χ3n) is 1.99. The molecular weight excluding hydrogens is 422 g/mol. The quantitative estimate of drug-likeness (QED) is 0.269. The average molecular weight is 441 g/mol. The maximum Gasteiger partial charge on any atom is 0.0483 e. The van der Waals surface area contributed by atoms with Crippen molar-refractivity contribution < 1.29 is 50.7 Å². The Hall–Kier alpha value is 0.887. The van der Waals surface area contributed by atoms with Gasteiger partial charge in [0.1, 0.15) is 0 Å². The van der Waals surface area contributed by atoms with Crippen LogP contribution in [0.2, 0.25) is 25.7 Å². The van der Waals surface area contributed by atoms with E-state index >= 15 is 0 Å². The monoisotopic (exact) mass is 441 g/mol. The summed E-state index contributed by atoms with van der Waals surface area (Å²) in [6.45, 7) is 11.3. The van der Waals surface area contributed by atoms with Crippen molar-refractivity contribution in [1.82, 2.24) is 0 Å². The smallest absolute Gasteiger partial charge is 0.0483 e. The van der Waals surface area contributed by atoms with E-state index in [9.17, 15) is 0 Å². The number of halogens is 2. The molecule has 0 aromatic heterocycles. The Kier molecular flexibility index (Phi) is 13.6. The molecule has 1 aliphatic rings. The first-order valence-electron chi connectivity index (χ1n) is 4.90. The zero-order valence-electron chi connectivity index (χ0n) is 10.2. The summed E-state index contributed by atoms with van der Waals surface area (Å²) in [5.41, 5.74) is 2.72. The summed E-state index contributed by atoms with van der Waals surface area (Å²) in [6, 6.07) is 1.24. The van der Waals surface area contributed by atoms with E-state index in [1.54, 1.807) is 0 Å². The molecule has 0 saturated carbocycles. The largest absolute Gasteiger partial charge is 1.00 e. The summed E-state index contributed by atoms with van der Waals surface area (Å²) >= 11 is 0. The van der Waals surface area contributed by atoms with Crippen molar-refractivity contribution in [2.75, 3.05) is 0 Å². The third kappa shape index (κ3) is 10.1. The summed E-state index contributed by atoms with van der Waals surface area (Å²) < 4.78 is 0. The van der Waals surface area contributed by atoms with Crippen molar-refractivity contribution in [2.24, 2.45) is 0 Å². The molecule has 1 rings (SSSR count). The minimum Gasteiger partial charge on any atom is -1.00 e. The third-order valence-corrected chi connectivity index (χ3v) is 3.55. The van der Waals surface area contributed by atoms with Crippen LogP contribution in [0.5, 0.6) is 0 Å². The molecule has 1 aliphatic carbocycles. The Bertz CT molecular complexity index is 265. The minimum atomic E-state index is -0.957. The van der Waals surface area contributed by atoms with E-state index in [1.165, 1.54) is 17.2 Å². The predicted octanol–water partition coefficient (Wildman–Crippen LogP) is -2.03. The fraction of sp³-hybridized carbons (Fsp3) is 0.500. The molecule has 0 unspecified atom stereocenters. The Balaban J connectivity index is -0.000000563. The second-order valence-electron chi connectivity index (χ2n) is 4.97. The van der Waals surface area contributed by atoms with Crippen LogP contribution in [0.4, 0.5) is 0 Å². The van der Waals surface area contributed by atoms with Gasteiger partial charge in [-0.25, -0.2) is 11.6 Å². The summed E-state index contributed by atoms with van der Waals surface area (Å²) in [5.74, 6) is 0. The number of hydrogen-bond acceptors (Lipinski definition) is 0. The molecule has 0 radical (unpaired) electrons. The second kappa shape index (κ2) is 9.87. The molecule has 0 aromatic rings. The first-order chi connectivity index (χ1) is 5.97. The summed E-state index contributed by atoms with van der Waals surface area (Å²) in [7, 11) is -0.957. The van der Waals surface area contributed by atoms with E-state index < -0.39 is 8.07 Å². The van der Waals surface area contributed by atoms with Crippen molar-refractivity contribution in [2.45, 2.75) is 38.5 Å². The molecule has 0 aliphatic heterocycles. The van der Waals surface area contributed by atoms with E-state index in [0.29, 0.717) is 0 Å². The number of allylic oxidation sites excluding steroid dienone is 5. The fourth-order valence-corrected chi connectivity index (χ4v) is 3.28. The van der Waals surface area contributed by atoms with Crippen LogP contribution >= 0.6 is 0 Å². The molecule has 0 N–H and O–H groups in total. The molecule has 0 amide bonds. The van der Waals surface area contributed by atoms with Crippen molar-refractivity contribution >= 4 is 8.07 Å².